The molecule has 53 valence electrons. The van der Waals surface area contributed by atoms with Crippen LogP contribution in [0, 0.1) is 0 Å². The summed E-state index contributed by atoms with van der Waals surface area (Å²) in [6.07, 6.45) is 0. The van der Waals surface area contributed by atoms with Gasteiger partial charge in [0, 0.05) is 39.4 Å². The average molecular weight is 241 g/mol. The molecule has 0 aromatic heterocycles. The molecule has 0 aliphatic carbocycles. The van der Waals surface area contributed by atoms with Crippen molar-refractivity contribution in [3.05, 3.63) is 0 Å². The minimum absolute atomic E-state index is 0. The van der Waals surface area contributed by atoms with E-state index in [4.69, 9.17) is 9.11 Å². The Balaban J connectivity index is 0. The molecule has 0 spiro atoms. The van der Waals surface area contributed by atoms with Gasteiger partial charge in [-0.2, -0.15) is 0 Å². The van der Waals surface area contributed by atoms with E-state index in [2.05, 4.69) is 19.6 Å². The molecule has 9 heavy (non-hydrogen) atoms. The van der Waals surface area contributed by atoms with Crippen LogP contribution in [-0.2, 0) is 36.9 Å². The SMILES string of the molecule is CP(O)O[Si](C)(C)C.[Y]. The first-order chi connectivity index (χ1) is 3.42. The van der Waals surface area contributed by atoms with Crippen molar-refractivity contribution < 1.29 is 41.8 Å². The molecule has 5 heteroatoms. The van der Waals surface area contributed by atoms with Crippen molar-refractivity contribution >= 4 is 16.7 Å². The Hall–Kier alpha value is 1.67. The predicted octanol–water partition coefficient (Wildman–Crippen LogP) is 1.77. The smallest absolute Gasteiger partial charge is 0.191 e. The molecule has 1 unspecified atom stereocenters. The van der Waals surface area contributed by atoms with E-state index in [1.807, 2.05) is 0 Å². The van der Waals surface area contributed by atoms with Crippen molar-refractivity contribution in [3.8, 4) is 0 Å². The Morgan fingerprint density at radius 2 is 1.67 bits per heavy atom. The van der Waals surface area contributed by atoms with E-state index in [-0.39, 0.29) is 32.7 Å². The fourth-order valence-electron chi connectivity index (χ4n) is 0.396. The summed E-state index contributed by atoms with van der Waals surface area (Å²) in [5.41, 5.74) is 0. The van der Waals surface area contributed by atoms with Gasteiger partial charge in [-0.1, -0.05) is 0 Å². The van der Waals surface area contributed by atoms with Gasteiger partial charge in [0.25, 0.3) is 0 Å². The zero-order chi connectivity index (χ0) is 6.78. The molecule has 1 radical (unpaired) electrons. The van der Waals surface area contributed by atoms with Gasteiger partial charge in [0.1, 0.15) is 0 Å². The maximum atomic E-state index is 8.77. The van der Waals surface area contributed by atoms with Crippen LogP contribution < -0.4 is 0 Å². The maximum absolute atomic E-state index is 8.77. The molecule has 0 saturated heterocycles. The molecular weight excluding hydrogens is 228 g/mol. The summed E-state index contributed by atoms with van der Waals surface area (Å²) in [7, 11) is -2.57. The first-order valence-electron chi connectivity index (χ1n) is 2.53. The van der Waals surface area contributed by atoms with Gasteiger partial charge >= 0.3 is 0 Å². The zero-order valence-corrected chi connectivity index (χ0v) is 11.1. The first-order valence-corrected chi connectivity index (χ1v) is 7.60. The van der Waals surface area contributed by atoms with Gasteiger partial charge < -0.3 is 9.11 Å². The van der Waals surface area contributed by atoms with Crippen LogP contribution in [-0.4, -0.2) is 19.9 Å². The van der Waals surface area contributed by atoms with Crippen LogP contribution >= 0.6 is 8.38 Å². The molecule has 0 aliphatic rings. The van der Waals surface area contributed by atoms with E-state index in [9.17, 15) is 0 Å². The Labute approximate surface area is 84.3 Å². The van der Waals surface area contributed by atoms with Crippen molar-refractivity contribution in [2.24, 2.45) is 0 Å². The molecule has 0 heterocycles. The third-order valence-corrected chi connectivity index (χ3v) is 3.65. The molecule has 1 N–H and O–H groups in total. The van der Waals surface area contributed by atoms with Crippen LogP contribution in [0.15, 0.2) is 0 Å². The van der Waals surface area contributed by atoms with E-state index < -0.39 is 16.7 Å². The number of hydrogen-bond donors (Lipinski definition) is 1. The Morgan fingerprint density at radius 3 is 1.67 bits per heavy atom. The topological polar surface area (TPSA) is 29.5 Å². The molecule has 0 aromatic carbocycles. The van der Waals surface area contributed by atoms with Crippen molar-refractivity contribution in [3.63, 3.8) is 0 Å². The van der Waals surface area contributed by atoms with E-state index >= 15 is 0 Å². The molecule has 0 amide bonds. The zero-order valence-electron chi connectivity index (χ0n) is 6.38. The molecule has 0 rings (SSSR count). The molecule has 0 bridgehead atoms. The minimum atomic E-state index is -1.44. The summed E-state index contributed by atoms with van der Waals surface area (Å²) in [5.74, 6) is 0. The average Bonchev–Trinajstić information content (AvgIpc) is 1.21. The van der Waals surface area contributed by atoms with Crippen molar-refractivity contribution in [1.29, 1.82) is 0 Å². The van der Waals surface area contributed by atoms with E-state index in [0.717, 1.165) is 0 Å². The molecule has 2 nitrogen and oxygen atoms in total. The van der Waals surface area contributed by atoms with Crippen LogP contribution in [0.4, 0.5) is 0 Å². The summed E-state index contributed by atoms with van der Waals surface area (Å²) in [4.78, 5) is 8.77. The van der Waals surface area contributed by atoms with Gasteiger partial charge in [-0.15, -0.1) is 0 Å². The number of rotatable bonds is 2. The van der Waals surface area contributed by atoms with E-state index in [0.29, 0.717) is 0 Å². The van der Waals surface area contributed by atoms with Crippen LogP contribution in [0.5, 0.6) is 0 Å². The second kappa shape index (κ2) is 5.34. The maximum Gasteiger partial charge on any atom is 0.191 e. The molecular formula is C4H13O2PSiY. The summed E-state index contributed by atoms with van der Waals surface area (Å²) in [6.45, 7) is 7.87. The van der Waals surface area contributed by atoms with Crippen molar-refractivity contribution in [2.75, 3.05) is 6.66 Å². The van der Waals surface area contributed by atoms with E-state index in [1.54, 1.807) is 6.66 Å². The third kappa shape index (κ3) is 12.8. The van der Waals surface area contributed by atoms with Crippen molar-refractivity contribution in [2.45, 2.75) is 19.6 Å². The van der Waals surface area contributed by atoms with Gasteiger partial charge in [-0.3, -0.25) is 0 Å². The predicted molar refractivity (Wildman–Crippen MR) is 39.5 cm³/mol. The summed E-state index contributed by atoms with van der Waals surface area (Å²) < 4.78 is 5.20. The third-order valence-electron chi connectivity index (χ3n) is 0.406. The summed E-state index contributed by atoms with van der Waals surface area (Å²) in [6, 6.07) is 0. The van der Waals surface area contributed by atoms with Gasteiger partial charge in [0.2, 0.25) is 0 Å². The van der Waals surface area contributed by atoms with Gasteiger partial charge in [0.15, 0.2) is 16.7 Å². The standard InChI is InChI=1S/C4H13O2PSi.Y/c1-7(5)6-8(2,3)4;/h5H,1-4H3;. The normalized spacial score (nSPS) is 14.3. The molecule has 0 aromatic rings. The molecule has 1 atom stereocenters. The first kappa shape index (κ1) is 13.3. The van der Waals surface area contributed by atoms with Crippen molar-refractivity contribution in [1.82, 2.24) is 0 Å². The quantitative estimate of drug-likeness (QED) is 0.589. The summed E-state index contributed by atoms with van der Waals surface area (Å²) in [5, 5.41) is 0. The Kier molecular flexibility index (Phi) is 7.87. The van der Waals surface area contributed by atoms with Crippen LogP contribution in [0.3, 0.4) is 0 Å². The monoisotopic (exact) mass is 241 g/mol. The minimum Gasteiger partial charge on any atom is -0.376 e. The Bertz CT molecular complexity index is 73.5. The van der Waals surface area contributed by atoms with Crippen LogP contribution in [0.25, 0.3) is 0 Å². The van der Waals surface area contributed by atoms with Gasteiger partial charge in [-0.25, -0.2) is 0 Å². The fourth-order valence-corrected chi connectivity index (χ4v) is 3.57. The fraction of sp³-hybridized carbons (Fsp3) is 1.00. The van der Waals surface area contributed by atoms with E-state index in [1.165, 1.54) is 0 Å². The second-order valence-electron chi connectivity index (χ2n) is 2.67. The molecule has 0 aliphatic heterocycles. The van der Waals surface area contributed by atoms with Crippen LogP contribution in [0.2, 0.25) is 19.6 Å². The largest absolute Gasteiger partial charge is 0.376 e. The number of hydrogen-bond acceptors (Lipinski definition) is 2. The van der Waals surface area contributed by atoms with Gasteiger partial charge in [-0.05, 0) is 19.6 Å². The Morgan fingerprint density at radius 1 is 1.33 bits per heavy atom. The summed E-state index contributed by atoms with van der Waals surface area (Å²) >= 11 is 0. The van der Waals surface area contributed by atoms with Crippen LogP contribution in [0.1, 0.15) is 0 Å². The van der Waals surface area contributed by atoms with Gasteiger partial charge in [0.05, 0.1) is 0 Å². The second-order valence-corrected chi connectivity index (χ2v) is 8.55. The molecule has 0 fully saturated rings. The molecule has 0 saturated carbocycles.